The second kappa shape index (κ2) is 6.96. The van der Waals surface area contributed by atoms with Gasteiger partial charge < -0.3 is 0 Å². The lowest BCUT2D eigenvalue weighted by molar-refractivity contribution is 0.313. The predicted molar refractivity (Wildman–Crippen MR) is 72.2 cm³/mol. The second-order valence-electron chi connectivity index (χ2n) is 5.47. The lowest BCUT2D eigenvalue weighted by Gasteiger charge is -2.24. The zero-order valence-corrected chi connectivity index (χ0v) is 11.2. The van der Waals surface area contributed by atoms with Crippen LogP contribution in [0.1, 0.15) is 56.6 Å². The van der Waals surface area contributed by atoms with Gasteiger partial charge in [0, 0.05) is 11.6 Å². The van der Waals surface area contributed by atoms with E-state index in [0.717, 1.165) is 25.0 Å². The van der Waals surface area contributed by atoms with Gasteiger partial charge in [0.1, 0.15) is 11.6 Å². The topological polar surface area (TPSA) is 38.0 Å². The summed E-state index contributed by atoms with van der Waals surface area (Å²) in [5, 5.41) is 0. The van der Waals surface area contributed by atoms with Gasteiger partial charge in [-0.3, -0.25) is 11.3 Å². The molecule has 0 aromatic heterocycles. The van der Waals surface area contributed by atoms with Crippen molar-refractivity contribution in [3.05, 3.63) is 35.4 Å². The fraction of sp³-hybridized carbons (Fsp3) is 0.600. The van der Waals surface area contributed by atoms with Crippen LogP contribution in [0.25, 0.3) is 0 Å². The number of hydrogen-bond donors (Lipinski definition) is 2. The number of halogens is 2. The number of rotatable bonds is 5. The Kier molecular flexibility index (Phi) is 5.28. The minimum Gasteiger partial charge on any atom is -0.271 e. The van der Waals surface area contributed by atoms with E-state index >= 15 is 0 Å². The summed E-state index contributed by atoms with van der Waals surface area (Å²) in [5.41, 5.74) is 2.95. The molecule has 0 saturated heterocycles. The summed E-state index contributed by atoms with van der Waals surface area (Å²) in [7, 11) is 0. The number of nitrogens with one attached hydrogen (secondary N) is 1. The van der Waals surface area contributed by atoms with Crippen molar-refractivity contribution in [2.75, 3.05) is 0 Å². The third-order valence-electron chi connectivity index (χ3n) is 4.12. The first-order valence-corrected chi connectivity index (χ1v) is 7.12. The molecule has 0 radical (unpaired) electrons. The molecule has 1 aromatic rings. The van der Waals surface area contributed by atoms with Crippen molar-refractivity contribution < 1.29 is 8.78 Å². The van der Waals surface area contributed by atoms with E-state index in [1.54, 1.807) is 0 Å². The minimum atomic E-state index is -0.422. The highest BCUT2D eigenvalue weighted by atomic mass is 19.1. The molecule has 106 valence electrons. The smallest absolute Gasteiger partial charge is 0.128 e. The molecule has 0 amide bonds. The maximum absolute atomic E-state index is 13.7. The fourth-order valence-corrected chi connectivity index (χ4v) is 2.99. The van der Waals surface area contributed by atoms with Crippen molar-refractivity contribution in [2.45, 2.75) is 51.0 Å². The van der Waals surface area contributed by atoms with E-state index in [2.05, 4.69) is 5.43 Å². The molecular weight excluding hydrogens is 246 g/mol. The Morgan fingerprint density at radius 3 is 2.63 bits per heavy atom. The summed E-state index contributed by atoms with van der Waals surface area (Å²) in [6, 6.07) is 3.22. The third-order valence-corrected chi connectivity index (χ3v) is 4.12. The molecule has 1 unspecified atom stereocenters. The second-order valence-corrected chi connectivity index (χ2v) is 5.47. The molecule has 19 heavy (non-hydrogen) atoms. The van der Waals surface area contributed by atoms with Gasteiger partial charge >= 0.3 is 0 Å². The quantitative estimate of drug-likeness (QED) is 0.629. The van der Waals surface area contributed by atoms with Gasteiger partial charge in [-0.1, -0.05) is 32.1 Å². The molecule has 4 heteroatoms. The molecule has 1 aromatic carbocycles. The van der Waals surface area contributed by atoms with Crippen LogP contribution >= 0.6 is 0 Å². The molecule has 1 atom stereocenters. The number of nitrogens with two attached hydrogens (primary N) is 1. The molecule has 0 spiro atoms. The molecule has 0 aliphatic heterocycles. The Bertz CT molecular complexity index is 403. The largest absolute Gasteiger partial charge is 0.271 e. The monoisotopic (exact) mass is 268 g/mol. The van der Waals surface area contributed by atoms with Crippen LogP contribution in [0.15, 0.2) is 18.2 Å². The standard InChI is InChI=1S/C15H22F2N2/c16-12-7-8-14(17)13(10-12)15(19-18)9-6-11-4-2-1-3-5-11/h7-8,10-11,15,19H,1-6,9,18H2. The Morgan fingerprint density at radius 2 is 1.95 bits per heavy atom. The lowest BCUT2D eigenvalue weighted by atomic mass is 9.84. The van der Waals surface area contributed by atoms with Crippen LogP contribution in [0.4, 0.5) is 8.78 Å². The van der Waals surface area contributed by atoms with Gasteiger partial charge in [-0.05, 0) is 37.0 Å². The summed E-state index contributed by atoms with van der Waals surface area (Å²) in [5.74, 6) is 5.39. The fourth-order valence-electron chi connectivity index (χ4n) is 2.99. The van der Waals surface area contributed by atoms with E-state index < -0.39 is 11.6 Å². The van der Waals surface area contributed by atoms with E-state index in [0.29, 0.717) is 11.5 Å². The zero-order valence-electron chi connectivity index (χ0n) is 11.2. The molecule has 1 aliphatic carbocycles. The Morgan fingerprint density at radius 1 is 1.21 bits per heavy atom. The van der Waals surface area contributed by atoms with Crippen LogP contribution in [-0.4, -0.2) is 0 Å². The molecule has 1 saturated carbocycles. The summed E-state index contributed by atoms with van der Waals surface area (Å²) in [6.45, 7) is 0. The number of hydrogen-bond acceptors (Lipinski definition) is 2. The van der Waals surface area contributed by atoms with Gasteiger partial charge in [0.2, 0.25) is 0 Å². The van der Waals surface area contributed by atoms with Crippen molar-refractivity contribution in [3.63, 3.8) is 0 Å². The van der Waals surface area contributed by atoms with Crippen LogP contribution in [0.5, 0.6) is 0 Å². The Labute approximate surface area is 113 Å². The highest BCUT2D eigenvalue weighted by Gasteiger charge is 2.19. The van der Waals surface area contributed by atoms with Crippen molar-refractivity contribution >= 4 is 0 Å². The molecular formula is C15H22F2N2. The average molecular weight is 268 g/mol. The number of benzene rings is 1. The molecule has 3 N–H and O–H groups in total. The lowest BCUT2D eigenvalue weighted by Crippen LogP contribution is -2.29. The van der Waals surface area contributed by atoms with Crippen LogP contribution in [0.2, 0.25) is 0 Å². The van der Waals surface area contributed by atoms with Gasteiger partial charge in [0.05, 0.1) is 0 Å². The Balaban J connectivity index is 1.97. The third kappa shape index (κ3) is 3.98. The van der Waals surface area contributed by atoms with Crippen LogP contribution < -0.4 is 11.3 Å². The molecule has 1 aliphatic rings. The van der Waals surface area contributed by atoms with E-state index in [4.69, 9.17) is 5.84 Å². The van der Waals surface area contributed by atoms with Crippen LogP contribution in [0, 0.1) is 17.6 Å². The highest BCUT2D eigenvalue weighted by Crippen LogP contribution is 2.30. The average Bonchev–Trinajstić information content (AvgIpc) is 2.44. The van der Waals surface area contributed by atoms with Crippen LogP contribution in [0.3, 0.4) is 0 Å². The molecule has 0 bridgehead atoms. The summed E-state index contributed by atoms with van der Waals surface area (Å²) < 4.78 is 26.9. The SMILES string of the molecule is NNC(CCC1CCCCC1)c1cc(F)ccc1F. The summed E-state index contributed by atoms with van der Waals surface area (Å²) in [6.07, 6.45) is 8.19. The van der Waals surface area contributed by atoms with Gasteiger partial charge in [-0.25, -0.2) is 8.78 Å². The van der Waals surface area contributed by atoms with Gasteiger partial charge in [-0.2, -0.15) is 0 Å². The molecule has 1 fully saturated rings. The molecule has 0 heterocycles. The minimum absolute atomic E-state index is 0.308. The Hall–Kier alpha value is -1.00. The zero-order chi connectivity index (χ0) is 13.7. The van der Waals surface area contributed by atoms with Gasteiger partial charge in [0.15, 0.2) is 0 Å². The van der Waals surface area contributed by atoms with E-state index in [9.17, 15) is 8.78 Å². The van der Waals surface area contributed by atoms with Crippen molar-refractivity contribution in [1.29, 1.82) is 0 Å². The predicted octanol–water partition coefficient (Wildman–Crippen LogP) is 3.83. The number of hydrazine groups is 1. The summed E-state index contributed by atoms with van der Waals surface area (Å²) >= 11 is 0. The molecule has 2 rings (SSSR count). The normalized spacial score (nSPS) is 18.5. The van der Waals surface area contributed by atoms with Gasteiger partial charge in [-0.15, -0.1) is 0 Å². The first kappa shape index (κ1) is 14.4. The van der Waals surface area contributed by atoms with Crippen LogP contribution in [-0.2, 0) is 0 Å². The first-order chi connectivity index (χ1) is 9.20. The molecule has 2 nitrogen and oxygen atoms in total. The first-order valence-electron chi connectivity index (χ1n) is 7.12. The van der Waals surface area contributed by atoms with E-state index in [1.807, 2.05) is 0 Å². The summed E-state index contributed by atoms with van der Waals surface area (Å²) in [4.78, 5) is 0. The van der Waals surface area contributed by atoms with E-state index in [1.165, 1.54) is 38.2 Å². The highest BCUT2D eigenvalue weighted by molar-refractivity contribution is 5.22. The van der Waals surface area contributed by atoms with Crippen molar-refractivity contribution in [3.8, 4) is 0 Å². The maximum atomic E-state index is 13.7. The van der Waals surface area contributed by atoms with Crippen molar-refractivity contribution in [2.24, 2.45) is 11.8 Å². The van der Waals surface area contributed by atoms with Gasteiger partial charge in [0.25, 0.3) is 0 Å². The van der Waals surface area contributed by atoms with Crippen molar-refractivity contribution in [1.82, 2.24) is 5.43 Å². The maximum Gasteiger partial charge on any atom is 0.128 e. The van der Waals surface area contributed by atoms with E-state index in [-0.39, 0.29) is 6.04 Å².